The van der Waals surface area contributed by atoms with Crippen LogP contribution in [-0.4, -0.2) is 18.1 Å². The van der Waals surface area contributed by atoms with Gasteiger partial charge in [-0.2, -0.15) is 4.39 Å². The number of rotatable bonds is 2. The minimum Gasteiger partial charge on any atom is -0.465 e. The van der Waals surface area contributed by atoms with E-state index in [9.17, 15) is 18.0 Å². The summed E-state index contributed by atoms with van der Waals surface area (Å²) in [6, 6.07) is 0.958. The molecular formula is C9H8F3NO2. The van der Waals surface area contributed by atoms with Gasteiger partial charge < -0.3 is 4.74 Å². The van der Waals surface area contributed by atoms with Crippen molar-refractivity contribution in [1.29, 1.82) is 0 Å². The van der Waals surface area contributed by atoms with Crippen LogP contribution in [0.15, 0.2) is 6.07 Å². The first kappa shape index (κ1) is 11.5. The molecule has 0 aliphatic heterocycles. The lowest BCUT2D eigenvalue weighted by molar-refractivity contribution is 0.0581. The summed E-state index contributed by atoms with van der Waals surface area (Å²) < 4.78 is 42.3. The highest BCUT2D eigenvalue weighted by Crippen LogP contribution is 2.25. The third-order valence-corrected chi connectivity index (χ3v) is 1.76. The van der Waals surface area contributed by atoms with E-state index in [4.69, 9.17) is 0 Å². The molecule has 3 nitrogen and oxygen atoms in total. The number of hydrogen-bond donors (Lipinski definition) is 0. The van der Waals surface area contributed by atoms with E-state index in [-0.39, 0.29) is 5.69 Å². The fraction of sp³-hybridized carbons (Fsp3) is 0.333. The first-order valence-corrected chi connectivity index (χ1v) is 4.01. The number of hydrogen-bond acceptors (Lipinski definition) is 3. The number of methoxy groups -OCH3 is 1. The minimum atomic E-state index is -2.95. The highest BCUT2D eigenvalue weighted by molar-refractivity contribution is 5.91. The molecule has 0 aromatic carbocycles. The predicted octanol–water partition coefficient (Wildman–Crippen LogP) is 2.25. The van der Waals surface area contributed by atoms with Gasteiger partial charge >= 0.3 is 5.97 Å². The van der Waals surface area contributed by atoms with Gasteiger partial charge in [0.1, 0.15) is 5.56 Å². The largest absolute Gasteiger partial charge is 0.465 e. The molecule has 0 amide bonds. The molecule has 0 aliphatic carbocycles. The van der Waals surface area contributed by atoms with E-state index in [0.29, 0.717) is 0 Å². The van der Waals surface area contributed by atoms with Gasteiger partial charge in [-0.25, -0.2) is 18.6 Å². The van der Waals surface area contributed by atoms with Crippen molar-refractivity contribution in [3.63, 3.8) is 0 Å². The summed E-state index contributed by atoms with van der Waals surface area (Å²) in [5.74, 6) is -2.40. The summed E-state index contributed by atoms with van der Waals surface area (Å²) in [6.45, 7) is 1.36. The third kappa shape index (κ3) is 2.26. The van der Waals surface area contributed by atoms with E-state index in [1.807, 2.05) is 0 Å². The van der Waals surface area contributed by atoms with Gasteiger partial charge in [0.25, 0.3) is 6.43 Å². The molecule has 0 atom stereocenters. The van der Waals surface area contributed by atoms with Crippen LogP contribution in [0, 0.1) is 12.9 Å². The molecule has 0 radical (unpaired) electrons. The van der Waals surface area contributed by atoms with Crippen LogP contribution in [0.1, 0.15) is 28.0 Å². The summed E-state index contributed by atoms with van der Waals surface area (Å²) in [4.78, 5) is 14.3. The lowest BCUT2D eigenvalue weighted by atomic mass is 10.1. The van der Waals surface area contributed by atoms with Gasteiger partial charge in [-0.05, 0) is 13.0 Å². The Bertz CT molecular complexity index is 393. The van der Waals surface area contributed by atoms with Gasteiger partial charge in [-0.1, -0.05) is 0 Å². The van der Waals surface area contributed by atoms with E-state index < -0.39 is 29.5 Å². The second-order valence-electron chi connectivity index (χ2n) is 2.81. The van der Waals surface area contributed by atoms with Gasteiger partial charge in [-0.3, -0.25) is 0 Å². The second kappa shape index (κ2) is 4.29. The Morgan fingerprint density at radius 1 is 1.53 bits per heavy atom. The van der Waals surface area contributed by atoms with Gasteiger partial charge in [-0.15, -0.1) is 0 Å². The van der Waals surface area contributed by atoms with Crippen molar-refractivity contribution in [1.82, 2.24) is 4.98 Å². The average Bonchev–Trinajstić information content (AvgIpc) is 2.15. The monoisotopic (exact) mass is 219 g/mol. The minimum absolute atomic E-state index is 0.0791. The van der Waals surface area contributed by atoms with Crippen LogP contribution in [-0.2, 0) is 4.74 Å². The van der Waals surface area contributed by atoms with E-state index in [1.54, 1.807) is 0 Å². The van der Waals surface area contributed by atoms with Crippen molar-refractivity contribution in [2.45, 2.75) is 13.3 Å². The molecule has 0 bridgehead atoms. The highest BCUT2D eigenvalue weighted by Gasteiger charge is 2.24. The smallest absolute Gasteiger partial charge is 0.343 e. The molecule has 1 heterocycles. The lowest BCUT2D eigenvalue weighted by Crippen LogP contribution is -2.11. The number of nitrogens with zero attached hydrogens (tertiary/aromatic N) is 1. The number of aromatic nitrogens is 1. The summed E-state index contributed by atoms with van der Waals surface area (Å²) in [6.07, 6.45) is -2.95. The molecule has 0 saturated carbocycles. The zero-order chi connectivity index (χ0) is 11.6. The first-order valence-electron chi connectivity index (χ1n) is 4.01. The molecule has 1 aromatic rings. The average molecular weight is 219 g/mol. The van der Waals surface area contributed by atoms with Crippen molar-refractivity contribution < 1.29 is 22.7 Å². The van der Waals surface area contributed by atoms with Crippen LogP contribution in [0.25, 0.3) is 0 Å². The maximum Gasteiger partial charge on any atom is 0.343 e. The van der Waals surface area contributed by atoms with Crippen molar-refractivity contribution in [3.05, 3.63) is 28.8 Å². The molecule has 0 unspecified atom stereocenters. The van der Waals surface area contributed by atoms with Gasteiger partial charge in [0.05, 0.1) is 7.11 Å². The first-order chi connectivity index (χ1) is 6.97. The molecule has 15 heavy (non-hydrogen) atoms. The molecule has 1 aromatic heterocycles. The van der Waals surface area contributed by atoms with Crippen LogP contribution in [0.4, 0.5) is 13.2 Å². The molecule has 0 aliphatic rings. The summed E-state index contributed by atoms with van der Waals surface area (Å²) >= 11 is 0. The Balaban J connectivity index is 3.40. The van der Waals surface area contributed by atoms with Crippen LogP contribution >= 0.6 is 0 Å². The number of ether oxygens (including phenoxy) is 1. The number of halogens is 3. The van der Waals surface area contributed by atoms with Crippen molar-refractivity contribution >= 4 is 5.97 Å². The number of pyridine rings is 1. The molecule has 0 fully saturated rings. The molecule has 0 spiro atoms. The van der Waals surface area contributed by atoms with Crippen LogP contribution in [0.2, 0.25) is 0 Å². The second-order valence-corrected chi connectivity index (χ2v) is 2.81. The summed E-state index contributed by atoms with van der Waals surface area (Å²) in [5, 5.41) is 0. The van der Waals surface area contributed by atoms with Crippen molar-refractivity contribution in [2.75, 3.05) is 7.11 Å². The van der Waals surface area contributed by atoms with E-state index >= 15 is 0 Å². The standard InChI is InChI=1S/C9H8F3NO2/c1-4-3-5(7(10)11)6(8(12)13-4)9(14)15-2/h3,7H,1-2H3. The zero-order valence-electron chi connectivity index (χ0n) is 8.05. The van der Waals surface area contributed by atoms with Crippen molar-refractivity contribution in [2.24, 2.45) is 0 Å². The maximum atomic E-state index is 13.2. The highest BCUT2D eigenvalue weighted by atomic mass is 19.3. The number of carbonyl (C=O) groups is 1. The molecule has 0 saturated heterocycles. The van der Waals surface area contributed by atoms with Crippen LogP contribution in [0.3, 0.4) is 0 Å². The number of alkyl halides is 2. The van der Waals surface area contributed by atoms with Crippen LogP contribution in [0.5, 0.6) is 0 Å². The Kier molecular flexibility index (Phi) is 3.28. The molecule has 0 N–H and O–H groups in total. The fourth-order valence-electron chi connectivity index (χ4n) is 1.14. The van der Waals surface area contributed by atoms with Gasteiger partial charge in [0, 0.05) is 11.3 Å². The Hall–Kier alpha value is -1.59. The van der Waals surface area contributed by atoms with Crippen molar-refractivity contribution in [3.8, 4) is 0 Å². The summed E-state index contributed by atoms with van der Waals surface area (Å²) in [5.41, 5.74) is -1.43. The number of aryl methyl sites for hydroxylation is 1. The van der Waals surface area contributed by atoms with E-state index in [2.05, 4.69) is 9.72 Å². The van der Waals surface area contributed by atoms with E-state index in [1.165, 1.54) is 6.92 Å². The van der Waals surface area contributed by atoms with E-state index in [0.717, 1.165) is 13.2 Å². The fourth-order valence-corrected chi connectivity index (χ4v) is 1.14. The summed E-state index contributed by atoms with van der Waals surface area (Å²) in [7, 11) is 0.983. The maximum absolute atomic E-state index is 13.2. The zero-order valence-corrected chi connectivity index (χ0v) is 8.05. The molecule has 6 heteroatoms. The quantitative estimate of drug-likeness (QED) is 0.565. The Morgan fingerprint density at radius 2 is 2.13 bits per heavy atom. The predicted molar refractivity (Wildman–Crippen MR) is 45.2 cm³/mol. The normalized spacial score (nSPS) is 10.5. The lowest BCUT2D eigenvalue weighted by Gasteiger charge is -2.08. The Morgan fingerprint density at radius 3 is 2.60 bits per heavy atom. The third-order valence-electron chi connectivity index (χ3n) is 1.76. The molecule has 1 rings (SSSR count). The SMILES string of the molecule is COC(=O)c1c(C(F)F)cc(C)nc1F. The molecule has 82 valence electrons. The van der Waals surface area contributed by atoms with Gasteiger partial charge in [0.2, 0.25) is 5.95 Å². The molecular weight excluding hydrogens is 211 g/mol. The van der Waals surface area contributed by atoms with Gasteiger partial charge in [0.15, 0.2) is 0 Å². The number of carbonyl (C=O) groups excluding carboxylic acids is 1. The van der Waals surface area contributed by atoms with Crippen LogP contribution < -0.4 is 0 Å². The Labute approximate surface area is 83.9 Å². The topological polar surface area (TPSA) is 39.2 Å². The number of esters is 1.